The zero-order valence-electron chi connectivity index (χ0n) is 13.7. The highest BCUT2D eigenvalue weighted by Gasteiger charge is 2.31. The molecule has 8 heteroatoms. The zero-order chi connectivity index (χ0) is 16.9. The summed E-state index contributed by atoms with van der Waals surface area (Å²) in [6, 6.07) is 0. The van der Waals surface area contributed by atoms with Crippen molar-refractivity contribution in [1.29, 1.82) is 0 Å². The van der Waals surface area contributed by atoms with E-state index in [2.05, 4.69) is 4.72 Å². The Bertz CT molecular complexity index is 488. The highest BCUT2D eigenvalue weighted by atomic mass is 32.2. The van der Waals surface area contributed by atoms with Crippen molar-refractivity contribution in [2.24, 2.45) is 11.8 Å². The van der Waals surface area contributed by atoms with Gasteiger partial charge in [0.1, 0.15) is 0 Å². The molecule has 2 fully saturated rings. The predicted octanol–water partition coefficient (Wildman–Crippen LogP) is -0.0482. The summed E-state index contributed by atoms with van der Waals surface area (Å²) in [5.74, 6) is 0.135. The molecule has 0 spiro atoms. The number of ether oxygens (including phenoxy) is 1. The molecule has 2 heterocycles. The van der Waals surface area contributed by atoms with Gasteiger partial charge in [0.05, 0.1) is 11.9 Å². The molecule has 0 aromatic heterocycles. The minimum atomic E-state index is -3.42. The number of amides is 1. The Labute approximate surface area is 138 Å². The molecule has 0 aliphatic carbocycles. The van der Waals surface area contributed by atoms with Gasteiger partial charge in [0.2, 0.25) is 15.9 Å². The van der Waals surface area contributed by atoms with Gasteiger partial charge >= 0.3 is 0 Å². The number of carbonyl (C=O) groups excluding carboxylic acids is 1. The molecule has 2 saturated heterocycles. The maximum atomic E-state index is 12.6. The van der Waals surface area contributed by atoms with E-state index in [9.17, 15) is 18.3 Å². The fourth-order valence-corrected chi connectivity index (χ4v) is 4.73. The topological polar surface area (TPSA) is 95.9 Å². The fraction of sp³-hybridized carbons (Fsp3) is 0.933. The molecule has 1 amide bonds. The van der Waals surface area contributed by atoms with Crippen molar-refractivity contribution in [1.82, 2.24) is 9.62 Å². The van der Waals surface area contributed by atoms with Crippen LogP contribution >= 0.6 is 0 Å². The van der Waals surface area contributed by atoms with Crippen LogP contribution in [-0.4, -0.2) is 69.0 Å². The van der Waals surface area contributed by atoms with Crippen molar-refractivity contribution in [3.63, 3.8) is 0 Å². The summed E-state index contributed by atoms with van der Waals surface area (Å²) >= 11 is 0. The lowest BCUT2D eigenvalue weighted by Crippen LogP contribution is -2.46. The van der Waals surface area contributed by atoms with Gasteiger partial charge in [0.15, 0.2) is 0 Å². The Morgan fingerprint density at radius 1 is 1.35 bits per heavy atom. The van der Waals surface area contributed by atoms with Gasteiger partial charge in [-0.3, -0.25) is 4.79 Å². The van der Waals surface area contributed by atoms with Crippen molar-refractivity contribution in [3.05, 3.63) is 0 Å². The van der Waals surface area contributed by atoms with E-state index >= 15 is 0 Å². The van der Waals surface area contributed by atoms with Gasteiger partial charge in [-0.05, 0) is 38.5 Å². The molecular weight excluding hydrogens is 320 g/mol. The third-order valence-electron chi connectivity index (χ3n) is 4.45. The fourth-order valence-electron chi connectivity index (χ4n) is 3.22. The third-order valence-corrected chi connectivity index (χ3v) is 5.97. The summed E-state index contributed by atoms with van der Waals surface area (Å²) in [5.41, 5.74) is 0. The van der Waals surface area contributed by atoms with Crippen LogP contribution in [0.2, 0.25) is 0 Å². The number of hydrogen-bond acceptors (Lipinski definition) is 5. The third kappa shape index (κ3) is 6.02. The van der Waals surface area contributed by atoms with E-state index in [4.69, 9.17) is 4.74 Å². The Morgan fingerprint density at radius 3 is 2.70 bits per heavy atom. The van der Waals surface area contributed by atoms with Gasteiger partial charge < -0.3 is 14.7 Å². The first-order chi connectivity index (χ1) is 10.9. The Balaban J connectivity index is 1.86. The molecule has 0 saturated carbocycles. The second-order valence-corrected chi connectivity index (χ2v) is 8.51. The number of likely N-dealkylation sites (tertiary alicyclic amines) is 1. The number of nitrogens with one attached hydrogen (secondary N) is 1. The van der Waals surface area contributed by atoms with Crippen molar-refractivity contribution < 1.29 is 23.1 Å². The first-order valence-electron chi connectivity index (χ1n) is 8.39. The summed E-state index contributed by atoms with van der Waals surface area (Å²) in [4.78, 5) is 14.4. The van der Waals surface area contributed by atoms with Crippen LogP contribution in [0.4, 0.5) is 0 Å². The molecule has 2 aliphatic rings. The minimum absolute atomic E-state index is 0.0112. The lowest BCUT2D eigenvalue weighted by molar-refractivity contribution is -0.140. The van der Waals surface area contributed by atoms with Gasteiger partial charge in [-0.2, -0.15) is 0 Å². The molecule has 23 heavy (non-hydrogen) atoms. The molecule has 0 radical (unpaired) electrons. The summed E-state index contributed by atoms with van der Waals surface area (Å²) < 4.78 is 31.8. The first kappa shape index (κ1) is 18.6. The second-order valence-electron chi connectivity index (χ2n) is 6.66. The lowest BCUT2D eigenvalue weighted by atomic mass is 9.95. The molecule has 2 aliphatic heterocycles. The lowest BCUT2D eigenvalue weighted by Gasteiger charge is -2.35. The molecular formula is C15H28N2O5S. The monoisotopic (exact) mass is 348 g/mol. The van der Waals surface area contributed by atoms with E-state index in [1.165, 1.54) is 6.92 Å². The van der Waals surface area contributed by atoms with Crippen LogP contribution in [0.25, 0.3) is 0 Å². The average molecular weight is 348 g/mol. The quantitative estimate of drug-likeness (QED) is 0.702. The summed E-state index contributed by atoms with van der Waals surface area (Å²) in [6.45, 7) is 4.05. The Morgan fingerprint density at radius 2 is 2.04 bits per heavy atom. The van der Waals surface area contributed by atoms with E-state index in [-0.39, 0.29) is 30.0 Å². The van der Waals surface area contributed by atoms with Crippen LogP contribution < -0.4 is 4.72 Å². The van der Waals surface area contributed by atoms with E-state index in [1.807, 2.05) is 4.90 Å². The van der Waals surface area contributed by atoms with Gasteiger partial charge in [0.25, 0.3) is 0 Å². The number of nitrogens with zero attached hydrogens (tertiary/aromatic N) is 1. The van der Waals surface area contributed by atoms with Crippen LogP contribution in [-0.2, 0) is 19.6 Å². The average Bonchev–Trinajstić information content (AvgIpc) is 2.53. The molecule has 0 bridgehead atoms. The molecule has 0 aromatic rings. The molecule has 2 atom stereocenters. The molecule has 134 valence electrons. The van der Waals surface area contributed by atoms with Gasteiger partial charge in [-0.25, -0.2) is 13.1 Å². The normalized spacial score (nSPS) is 25.3. The maximum Gasteiger partial charge on any atom is 0.225 e. The van der Waals surface area contributed by atoms with Gasteiger partial charge in [-0.15, -0.1) is 0 Å². The van der Waals surface area contributed by atoms with Crippen molar-refractivity contribution >= 4 is 15.9 Å². The van der Waals surface area contributed by atoms with Crippen LogP contribution in [0, 0.1) is 11.8 Å². The molecule has 2 N–H and O–H groups in total. The van der Waals surface area contributed by atoms with Crippen molar-refractivity contribution in [3.8, 4) is 0 Å². The van der Waals surface area contributed by atoms with E-state index in [0.717, 1.165) is 25.7 Å². The second kappa shape index (κ2) is 8.41. The first-order valence-corrected chi connectivity index (χ1v) is 10.0. The number of hydrogen-bond donors (Lipinski definition) is 2. The highest BCUT2D eigenvalue weighted by molar-refractivity contribution is 7.89. The summed E-state index contributed by atoms with van der Waals surface area (Å²) in [6.07, 6.45) is 2.46. The molecule has 0 unspecified atom stereocenters. The Hall–Kier alpha value is -0.700. The molecule has 7 nitrogen and oxygen atoms in total. The SMILES string of the molecule is C[C@@H](O)CNS(=O)(=O)C[C@H]1CCCN(C(=O)C2CCOCC2)C1. The van der Waals surface area contributed by atoms with E-state index < -0.39 is 16.1 Å². The number of aliphatic hydroxyl groups is 1. The number of aliphatic hydroxyl groups excluding tert-OH is 1. The van der Waals surface area contributed by atoms with Crippen molar-refractivity contribution in [2.45, 2.75) is 38.7 Å². The maximum absolute atomic E-state index is 12.6. The highest BCUT2D eigenvalue weighted by Crippen LogP contribution is 2.23. The summed E-state index contributed by atoms with van der Waals surface area (Å²) in [5, 5.41) is 9.19. The minimum Gasteiger partial charge on any atom is -0.392 e. The van der Waals surface area contributed by atoms with Crippen LogP contribution in [0.3, 0.4) is 0 Å². The summed E-state index contributed by atoms with van der Waals surface area (Å²) in [7, 11) is -3.42. The smallest absolute Gasteiger partial charge is 0.225 e. The number of sulfonamides is 1. The van der Waals surface area contributed by atoms with Crippen LogP contribution in [0.1, 0.15) is 32.6 Å². The van der Waals surface area contributed by atoms with Gasteiger partial charge in [-0.1, -0.05) is 0 Å². The number of rotatable bonds is 6. The number of piperidine rings is 1. The predicted molar refractivity (Wildman–Crippen MR) is 86.3 cm³/mol. The standard InChI is InChI=1S/C15H28N2O5S/c1-12(18)9-16-23(20,21)11-13-3-2-6-17(10-13)15(19)14-4-7-22-8-5-14/h12-14,16,18H,2-11H2,1H3/t12-,13+/m1/s1. The van der Waals surface area contributed by atoms with Crippen LogP contribution in [0.15, 0.2) is 0 Å². The molecule has 2 rings (SSSR count). The van der Waals surface area contributed by atoms with Gasteiger partial charge in [0, 0.05) is 38.8 Å². The zero-order valence-corrected chi connectivity index (χ0v) is 14.6. The Kier molecular flexibility index (Phi) is 6.82. The van der Waals surface area contributed by atoms with E-state index in [0.29, 0.717) is 26.3 Å². The van der Waals surface area contributed by atoms with E-state index in [1.54, 1.807) is 0 Å². The number of carbonyl (C=O) groups is 1. The van der Waals surface area contributed by atoms with Crippen LogP contribution in [0.5, 0.6) is 0 Å². The largest absolute Gasteiger partial charge is 0.392 e. The van der Waals surface area contributed by atoms with Crippen molar-refractivity contribution in [2.75, 3.05) is 38.6 Å². The molecule has 0 aromatic carbocycles.